The van der Waals surface area contributed by atoms with Crippen LogP contribution in [-0.2, 0) is 23.8 Å². The number of nitrogens with zero attached hydrogens (tertiary/aromatic N) is 5. The maximum absolute atomic E-state index is 13.6. The molecule has 2 aromatic carbocycles. The van der Waals surface area contributed by atoms with Crippen molar-refractivity contribution in [3.05, 3.63) is 68.8 Å². The van der Waals surface area contributed by atoms with E-state index in [2.05, 4.69) is 22.0 Å². The Morgan fingerprint density at radius 1 is 0.879 bits per heavy atom. The topological polar surface area (TPSA) is 180 Å². The van der Waals surface area contributed by atoms with Crippen LogP contribution >= 0.6 is 34.8 Å². The highest BCUT2D eigenvalue weighted by molar-refractivity contribution is 6.35. The molecule has 314 valence electrons. The molecule has 15 nitrogen and oxygen atoms in total. The molecule has 0 atom stereocenters. The minimum Gasteiger partial charge on any atom is -0.379 e. The molecule has 0 bridgehead atoms. The van der Waals surface area contributed by atoms with Gasteiger partial charge < -0.3 is 40.0 Å². The van der Waals surface area contributed by atoms with Gasteiger partial charge in [0.15, 0.2) is 5.69 Å². The van der Waals surface area contributed by atoms with Crippen LogP contribution in [0.5, 0.6) is 0 Å². The number of piperidine rings is 1. The van der Waals surface area contributed by atoms with Gasteiger partial charge in [0, 0.05) is 86.5 Å². The maximum Gasteiger partial charge on any atom is 0.317 e. The lowest BCUT2D eigenvalue weighted by Gasteiger charge is -2.32. The minimum absolute atomic E-state index is 0.0382. The van der Waals surface area contributed by atoms with E-state index >= 15 is 0 Å². The van der Waals surface area contributed by atoms with Crippen LogP contribution in [0.1, 0.15) is 54.6 Å². The molecule has 2 heterocycles. The van der Waals surface area contributed by atoms with Gasteiger partial charge in [-0.15, -0.1) is 0 Å². The number of likely N-dealkylation sites (tertiary alicyclic amines) is 1. The maximum atomic E-state index is 13.6. The molecular weight excluding hydrogens is 811 g/mol. The van der Waals surface area contributed by atoms with E-state index in [1.807, 2.05) is 19.1 Å². The Balaban J connectivity index is 1.11. The Morgan fingerprint density at radius 2 is 1.52 bits per heavy atom. The van der Waals surface area contributed by atoms with Crippen LogP contribution in [0.25, 0.3) is 16.9 Å². The number of hydrogen-bond acceptors (Lipinski definition) is 9. The molecule has 0 radical (unpaired) electrons. The summed E-state index contributed by atoms with van der Waals surface area (Å²) in [5.41, 5.74) is 2.95. The van der Waals surface area contributed by atoms with E-state index in [0.717, 1.165) is 5.56 Å². The molecule has 0 saturated carbocycles. The lowest BCUT2D eigenvalue weighted by Crippen LogP contribution is -2.50. The van der Waals surface area contributed by atoms with E-state index in [4.69, 9.17) is 59.4 Å². The number of likely N-dealkylation sites (N-methyl/N-ethyl adjacent to an activating group) is 1. The molecule has 0 spiro atoms. The first-order valence-electron chi connectivity index (χ1n) is 19.2. The third-order valence-corrected chi connectivity index (χ3v) is 10.0. The van der Waals surface area contributed by atoms with Crippen LogP contribution in [0.2, 0.25) is 15.1 Å². The first-order chi connectivity index (χ1) is 28.0. The molecule has 5 amide bonds. The molecule has 58 heavy (non-hydrogen) atoms. The lowest BCUT2D eigenvalue weighted by molar-refractivity contribution is -0.134. The van der Waals surface area contributed by atoms with Crippen LogP contribution in [0.3, 0.4) is 0 Å². The number of urea groups is 1. The van der Waals surface area contributed by atoms with Gasteiger partial charge in [0.05, 0.1) is 55.4 Å². The molecule has 0 unspecified atom stereocenters. The smallest absolute Gasteiger partial charge is 0.317 e. The van der Waals surface area contributed by atoms with E-state index in [1.54, 1.807) is 47.0 Å². The lowest BCUT2D eigenvalue weighted by atomic mass is 10.0. The summed E-state index contributed by atoms with van der Waals surface area (Å²) < 4.78 is 17.9. The van der Waals surface area contributed by atoms with Crippen molar-refractivity contribution in [2.45, 2.75) is 51.5 Å². The number of aromatic nitrogens is 2. The SMILES string of the molecule is Cc1c(C(=O)NC2CCN(C(=O)NCCC(=O)N(C)CC(=O)NCCCOCCOCCOCCCC#N)CC2)nn(-c2ccc(Cl)cc2Cl)c1-c1ccc(Cl)cc1. The molecule has 3 N–H and O–H groups in total. The number of carbonyl (C=O) groups excluding carboxylic acids is 4. The van der Waals surface area contributed by atoms with Crippen molar-refractivity contribution in [3.8, 4) is 23.0 Å². The second-order valence-electron chi connectivity index (χ2n) is 13.6. The van der Waals surface area contributed by atoms with E-state index in [0.29, 0.717) is 123 Å². The number of halogens is 3. The second-order valence-corrected chi connectivity index (χ2v) is 14.9. The first-order valence-corrected chi connectivity index (χ1v) is 20.4. The molecule has 3 aromatic rings. The predicted molar refractivity (Wildman–Crippen MR) is 221 cm³/mol. The molecule has 18 heteroatoms. The van der Waals surface area contributed by atoms with Gasteiger partial charge in [0.25, 0.3) is 5.91 Å². The molecule has 1 saturated heterocycles. The fourth-order valence-electron chi connectivity index (χ4n) is 6.10. The highest BCUT2D eigenvalue weighted by Crippen LogP contribution is 2.33. The normalized spacial score (nSPS) is 12.9. The van der Waals surface area contributed by atoms with Crippen molar-refractivity contribution in [2.75, 3.05) is 79.4 Å². The minimum atomic E-state index is -0.342. The van der Waals surface area contributed by atoms with Gasteiger partial charge >= 0.3 is 6.03 Å². The van der Waals surface area contributed by atoms with E-state index in [1.165, 1.54) is 4.90 Å². The second kappa shape index (κ2) is 24.5. The molecule has 1 aliphatic heterocycles. The molecule has 1 fully saturated rings. The molecular formula is C40H51Cl3N8O7. The van der Waals surface area contributed by atoms with Crippen LogP contribution in [0.15, 0.2) is 42.5 Å². The van der Waals surface area contributed by atoms with Crippen LogP contribution in [-0.4, -0.2) is 129 Å². The number of amides is 5. The van der Waals surface area contributed by atoms with Crippen LogP contribution < -0.4 is 16.0 Å². The van der Waals surface area contributed by atoms with Gasteiger partial charge in [-0.1, -0.05) is 46.9 Å². The summed E-state index contributed by atoms with van der Waals surface area (Å²) in [5, 5.41) is 23.2. The van der Waals surface area contributed by atoms with Crippen LogP contribution in [0.4, 0.5) is 4.79 Å². The summed E-state index contributed by atoms with van der Waals surface area (Å²) >= 11 is 18.9. The standard InChI is InChI=1S/C40H51Cl3N8O7/c1-28-37(48-51(34-11-10-31(42)26-33(34)43)38(28)29-6-8-30(41)9-7-29)39(54)47-32-13-18-50(19-14-32)40(55)46-17-12-36(53)49(2)27-35(52)45-16-5-21-57-23-25-58-24-22-56-20-4-3-15-44/h6-11,26,32H,3-5,12-14,16-25,27H2,1-2H3,(H,45,52)(H,46,55)(H,47,54). The monoisotopic (exact) mass is 860 g/mol. The zero-order chi connectivity index (χ0) is 41.9. The number of benzene rings is 2. The summed E-state index contributed by atoms with van der Waals surface area (Å²) in [6.07, 6.45) is 2.91. The van der Waals surface area contributed by atoms with Crippen molar-refractivity contribution in [2.24, 2.45) is 0 Å². The van der Waals surface area contributed by atoms with Crippen molar-refractivity contribution in [1.82, 2.24) is 35.5 Å². The number of hydrogen-bond donors (Lipinski definition) is 3. The Bertz CT molecular complexity index is 1860. The number of unbranched alkanes of at least 4 members (excludes halogenated alkanes) is 1. The number of nitriles is 1. The van der Waals surface area contributed by atoms with E-state index in [-0.39, 0.29) is 55.0 Å². The Hall–Kier alpha value is -4.43. The van der Waals surface area contributed by atoms with Gasteiger partial charge in [-0.2, -0.15) is 10.4 Å². The number of carbonyl (C=O) groups is 4. The Morgan fingerprint density at radius 3 is 2.17 bits per heavy atom. The van der Waals surface area contributed by atoms with Gasteiger partial charge in [0.2, 0.25) is 11.8 Å². The summed E-state index contributed by atoms with van der Waals surface area (Å²) in [6.45, 7) is 5.87. The number of ether oxygens (including phenoxy) is 3. The van der Waals surface area contributed by atoms with Gasteiger partial charge in [-0.05, 0) is 62.9 Å². The summed E-state index contributed by atoms with van der Waals surface area (Å²) in [7, 11) is 1.54. The van der Waals surface area contributed by atoms with E-state index < -0.39 is 0 Å². The fraction of sp³-hybridized carbons (Fsp3) is 0.500. The zero-order valence-electron chi connectivity index (χ0n) is 32.9. The molecule has 4 rings (SSSR count). The zero-order valence-corrected chi connectivity index (χ0v) is 35.1. The molecule has 0 aliphatic carbocycles. The Kier molecular flexibility index (Phi) is 19.5. The average molecular weight is 862 g/mol. The quantitative estimate of drug-likeness (QED) is 0.111. The van der Waals surface area contributed by atoms with Crippen LogP contribution in [0, 0.1) is 18.3 Å². The van der Waals surface area contributed by atoms with Gasteiger partial charge in [0.1, 0.15) is 0 Å². The third-order valence-electron chi connectivity index (χ3n) is 9.24. The molecule has 1 aliphatic rings. The number of rotatable bonds is 22. The summed E-state index contributed by atoms with van der Waals surface area (Å²) in [6, 6.07) is 13.9. The molecule has 1 aromatic heterocycles. The van der Waals surface area contributed by atoms with Crippen molar-refractivity contribution in [1.29, 1.82) is 5.26 Å². The first kappa shape index (κ1) is 46.3. The summed E-state index contributed by atoms with van der Waals surface area (Å²) in [5.74, 6) is -0.905. The van der Waals surface area contributed by atoms with Crippen molar-refractivity contribution in [3.63, 3.8) is 0 Å². The largest absolute Gasteiger partial charge is 0.379 e. The van der Waals surface area contributed by atoms with Gasteiger partial charge in [-0.3, -0.25) is 14.4 Å². The van der Waals surface area contributed by atoms with Crippen molar-refractivity contribution >= 4 is 58.6 Å². The highest BCUT2D eigenvalue weighted by atomic mass is 35.5. The fourth-order valence-corrected chi connectivity index (χ4v) is 6.72. The summed E-state index contributed by atoms with van der Waals surface area (Å²) in [4.78, 5) is 54.4. The highest BCUT2D eigenvalue weighted by Gasteiger charge is 2.28. The third kappa shape index (κ3) is 14.7. The van der Waals surface area contributed by atoms with Crippen molar-refractivity contribution < 1.29 is 33.4 Å². The van der Waals surface area contributed by atoms with Gasteiger partial charge in [-0.25, -0.2) is 9.48 Å². The Labute approximate surface area is 354 Å². The predicted octanol–water partition coefficient (Wildman–Crippen LogP) is 5.42. The van der Waals surface area contributed by atoms with E-state index in [9.17, 15) is 19.2 Å². The number of nitrogens with one attached hydrogen (secondary N) is 3. The average Bonchev–Trinajstić information content (AvgIpc) is 3.54.